The van der Waals surface area contributed by atoms with Crippen LogP contribution in [0.25, 0.3) is 0 Å². The molecule has 3 nitrogen and oxygen atoms in total. The largest absolute Gasteiger partial charge is 0.490 e. The van der Waals surface area contributed by atoms with Crippen molar-refractivity contribution in [1.29, 1.82) is 0 Å². The minimum atomic E-state index is -0.109. The predicted octanol–water partition coefficient (Wildman–Crippen LogP) is 1.80. The first-order valence-corrected chi connectivity index (χ1v) is 6.83. The van der Waals surface area contributed by atoms with Gasteiger partial charge in [0.1, 0.15) is 11.9 Å². The van der Waals surface area contributed by atoms with Crippen LogP contribution in [0, 0.1) is 6.92 Å². The molecule has 0 radical (unpaired) electrons. The Labute approximate surface area is 108 Å². The molecular formula is C15H21NO2. The lowest BCUT2D eigenvalue weighted by Gasteiger charge is -2.29. The summed E-state index contributed by atoms with van der Waals surface area (Å²) >= 11 is 0. The van der Waals surface area contributed by atoms with Crippen LogP contribution in [0.15, 0.2) is 18.2 Å². The Balaban J connectivity index is 1.70. The van der Waals surface area contributed by atoms with Crippen molar-refractivity contribution in [2.45, 2.75) is 44.2 Å². The molecule has 0 saturated carbocycles. The van der Waals surface area contributed by atoms with Gasteiger partial charge in [-0.15, -0.1) is 0 Å². The van der Waals surface area contributed by atoms with Gasteiger partial charge in [0.05, 0.1) is 6.61 Å². The molecule has 3 rings (SSSR count). The van der Waals surface area contributed by atoms with Crippen molar-refractivity contribution < 1.29 is 9.84 Å². The van der Waals surface area contributed by atoms with Gasteiger partial charge >= 0.3 is 0 Å². The fraction of sp³-hybridized carbons (Fsp3) is 0.600. The van der Waals surface area contributed by atoms with E-state index in [4.69, 9.17) is 4.74 Å². The first-order valence-electron chi connectivity index (χ1n) is 6.83. The molecule has 2 unspecified atom stereocenters. The first kappa shape index (κ1) is 12.0. The normalized spacial score (nSPS) is 30.2. The first-order chi connectivity index (χ1) is 8.71. The van der Waals surface area contributed by atoms with Gasteiger partial charge in [0.15, 0.2) is 0 Å². The second-order valence-corrected chi connectivity index (χ2v) is 5.73. The average Bonchev–Trinajstić information content (AvgIpc) is 2.96. The summed E-state index contributed by atoms with van der Waals surface area (Å²) in [4.78, 5) is 0. The number of aliphatic hydroxyl groups is 1. The lowest BCUT2D eigenvalue weighted by molar-refractivity contribution is 0.114. The van der Waals surface area contributed by atoms with E-state index in [0.717, 1.165) is 38.0 Å². The maximum atomic E-state index is 9.62. The molecule has 1 aromatic rings. The SMILES string of the molecule is Cc1ccc2c(c1)CC(CC1(CO)CCCN1)O2. The van der Waals surface area contributed by atoms with Crippen molar-refractivity contribution in [3.63, 3.8) is 0 Å². The van der Waals surface area contributed by atoms with Gasteiger partial charge in [0, 0.05) is 18.4 Å². The Bertz CT molecular complexity index is 438. The van der Waals surface area contributed by atoms with E-state index < -0.39 is 0 Å². The van der Waals surface area contributed by atoms with Gasteiger partial charge in [-0.05, 0) is 37.9 Å². The highest BCUT2D eigenvalue weighted by molar-refractivity contribution is 5.40. The lowest BCUT2D eigenvalue weighted by Crippen LogP contribution is -2.46. The summed E-state index contributed by atoms with van der Waals surface area (Å²) in [5.41, 5.74) is 2.49. The van der Waals surface area contributed by atoms with Gasteiger partial charge in [-0.1, -0.05) is 17.7 Å². The second kappa shape index (κ2) is 4.56. The average molecular weight is 247 g/mol. The Hall–Kier alpha value is -1.06. The van der Waals surface area contributed by atoms with Crippen molar-refractivity contribution in [2.24, 2.45) is 0 Å². The molecule has 18 heavy (non-hydrogen) atoms. The fourth-order valence-electron chi connectivity index (χ4n) is 3.24. The summed E-state index contributed by atoms with van der Waals surface area (Å²) in [6.07, 6.45) is 4.29. The maximum Gasteiger partial charge on any atom is 0.123 e. The van der Waals surface area contributed by atoms with Crippen molar-refractivity contribution in [3.8, 4) is 5.75 Å². The van der Waals surface area contributed by atoms with Gasteiger partial charge in [-0.25, -0.2) is 0 Å². The Morgan fingerprint density at radius 1 is 1.50 bits per heavy atom. The van der Waals surface area contributed by atoms with E-state index >= 15 is 0 Å². The molecule has 2 N–H and O–H groups in total. The Kier molecular flexibility index (Phi) is 3.04. The third kappa shape index (κ3) is 2.13. The van der Waals surface area contributed by atoms with Gasteiger partial charge < -0.3 is 15.2 Å². The summed E-state index contributed by atoms with van der Waals surface area (Å²) < 4.78 is 6.00. The van der Waals surface area contributed by atoms with E-state index in [1.54, 1.807) is 0 Å². The Morgan fingerprint density at radius 2 is 2.39 bits per heavy atom. The quantitative estimate of drug-likeness (QED) is 0.856. The summed E-state index contributed by atoms with van der Waals surface area (Å²) in [5, 5.41) is 13.1. The van der Waals surface area contributed by atoms with Gasteiger partial charge in [0.25, 0.3) is 0 Å². The standard InChI is InChI=1S/C15H21NO2/c1-11-3-4-14-12(7-11)8-13(18-14)9-15(10-17)5-2-6-16-15/h3-4,7,13,16-17H,2,5-6,8-10H2,1H3. The molecule has 0 amide bonds. The summed E-state index contributed by atoms with van der Waals surface area (Å²) in [6, 6.07) is 6.37. The zero-order valence-corrected chi connectivity index (χ0v) is 10.9. The summed E-state index contributed by atoms with van der Waals surface area (Å²) in [5.74, 6) is 1.02. The van der Waals surface area contributed by atoms with E-state index in [9.17, 15) is 5.11 Å². The van der Waals surface area contributed by atoms with Crippen molar-refractivity contribution in [1.82, 2.24) is 5.32 Å². The van der Waals surface area contributed by atoms with E-state index in [0.29, 0.717) is 0 Å². The molecule has 3 heteroatoms. The highest BCUT2D eigenvalue weighted by Gasteiger charge is 2.37. The highest BCUT2D eigenvalue weighted by atomic mass is 16.5. The number of hydrogen-bond acceptors (Lipinski definition) is 3. The van der Waals surface area contributed by atoms with E-state index in [2.05, 4.69) is 30.4 Å². The molecule has 2 aliphatic heterocycles. The third-order valence-electron chi connectivity index (χ3n) is 4.21. The molecule has 0 aliphatic carbocycles. The fourth-order valence-corrected chi connectivity index (χ4v) is 3.24. The van der Waals surface area contributed by atoms with Crippen LogP contribution in [-0.4, -0.2) is 29.9 Å². The maximum absolute atomic E-state index is 9.62. The van der Waals surface area contributed by atoms with Crippen molar-refractivity contribution >= 4 is 0 Å². The predicted molar refractivity (Wildman–Crippen MR) is 71.0 cm³/mol. The molecule has 1 aromatic carbocycles. The number of ether oxygens (including phenoxy) is 1. The van der Waals surface area contributed by atoms with E-state index in [-0.39, 0.29) is 18.2 Å². The lowest BCUT2D eigenvalue weighted by atomic mass is 9.90. The molecule has 1 saturated heterocycles. The van der Waals surface area contributed by atoms with Crippen LogP contribution in [0.4, 0.5) is 0 Å². The molecular weight excluding hydrogens is 226 g/mol. The number of nitrogens with one attached hydrogen (secondary N) is 1. The number of aliphatic hydroxyl groups excluding tert-OH is 1. The zero-order chi connectivity index (χ0) is 12.6. The smallest absolute Gasteiger partial charge is 0.123 e. The molecule has 0 aromatic heterocycles. The number of benzene rings is 1. The number of rotatable bonds is 3. The van der Waals surface area contributed by atoms with Gasteiger partial charge in [0.2, 0.25) is 0 Å². The van der Waals surface area contributed by atoms with Crippen LogP contribution in [0.2, 0.25) is 0 Å². The van der Waals surface area contributed by atoms with Crippen molar-refractivity contribution in [3.05, 3.63) is 29.3 Å². The van der Waals surface area contributed by atoms with Crippen LogP contribution in [0.1, 0.15) is 30.4 Å². The van der Waals surface area contributed by atoms with Crippen LogP contribution >= 0.6 is 0 Å². The van der Waals surface area contributed by atoms with E-state index in [1.165, 1.54) is 11.1 Å². The topological polar surface area (TPSA) is 41.5 Å². The highest BCUT2D eigenvalue weighted by Crippen LogP contribution is 2.34. The van der Waals surface area contributed by atoms with Gasteiger partial charge in [-0.2, -0.15) is 0 Å². The number of hydrogen-bond donors (Lipinski definition) is 2. The second-order valence-electron chi connectivity index (χ2n) is 5.73. The monoisotopic (exact) mass is 247 g/mol. The number of fused-ring (bicyclic) bond motifs is 1. The molecule has 2 atom stereocenters. The van der Waals surface area contributed by atoms with Crippen LogP contribution in [-0.2, 0) is 6.42 Å². The van der Waals surface area contributed by atoms with E-state index in [1.807, 2.05) is 0 Å². The molecule has 0 bridgehead atoms. The van der Waals surface area contributed by atoms with Crippen molar-refractivity contribution in [2.75, 3.05) is 13.2 Å². The minimum absolute atomic E-state index is 0.109. The minimum Gasteiger partial charge on any atom is -0.490 e. The molecule has 0 spiro atoms. The molecule has 2 heterocycles. The molecule has 98 valence electrons. The van der Waals surface area contributed by atoms with Gasteiger partial charge in [-0.3, -0.25) is 0 Å². The Morgan fingerprint density at radius 3 is 3.11 bits per heavy atom. The molecule has 2 aliphatic rings. The zero-order valence-electron chi connectivity index (χ0n) is 10.9. The number of aryl methyl sites for hydroxylation is 1. The van der Waals surface area contributed by atoms with Crippen LogP contribution < -0.4 is 10.1 Å². The summed E-state index contributed by atoms with van der Waals surface area (Å²) in [6.45, 7) is 3.34. The van der Waals surface area contributed by atoms with Crippen LogP contribution in [0.3, 0.4) is 0 Å². The third-order valence-corrected chi connectivity index (χ3v) is 4.21. The summed E-state index contributed by atoms with van der Waals surface area (Å²) in [7, 11) is 0. The molecule has 1 fully saturated rings. The van der Waals surface area contributed by atoms with Crippen LogP contribution in [0.5, 0.6) is 5.75 Å².